The number of hydrogen-bond acceptors (Lipinski definition) is 2. The minimum absolute atomic E-state index is 0.748. The fourth-order valence-electron chi connectivity index (χ4n) is 8.13. The van der Waals surface area contributed by atoms with Gasteiger partial charge in [0.05, 0.1) is 22.2 Å². The molecule has 0 fully saturated rings. The third-order valence-corrected chi connectivity index (χ3v) is 16.4. The first-order valence-corrected chi connectivity index (χ1v) is 20.4. The van der Waals surface area contributed by atoms with Gasteiger partial charge in [-0.25, -0.2) is 0 Å². The smallest absolute Gasteiger partial charge is 0.330 e. The van der Waals surface area contributed by atoms with E-state index in [-0.39, 0.29) is 0 Å². The molecule has 3 nitrogen and oxygen atoms in total. The highest BCUT2D eigenvalue weighted by Crippen LogP contribution is 2.35. The summed E-state index contributed by atoms with van der Waals surface area (Å²) in [5.41, 5.74) is 7.81. The van der Waals surface area contributed by atoms with Gasteiger partial charge in [0.25, 0.3) is 0 Å². The minimum atomic E-state index is -2.77. The van der Waals surface area contributed by atoms with Crippen molar-refractivity contribution in [2.24, 2.45) is 0 Å². The van der Waals surface area contributed by atoms with Crippen LogP contribution in [0.5, 0.6) is 0 Å². The average molecular weight is 703 g/mol. The van der Waals surface area contributed by atoms with E-state index in [0.29, 0.717) is 0 Å². The molecule has 9 rings (SSSR count). The van der Waals surface area contributed by atoms with E-state index >= 15 is 0 Å². The van der Waals surface area contributed by atoms with Gasteiger partial charge in [-0.1, -0.05) is 151 Å². The van der Waals surface area contributed by atoms with Crippen LogP contribution in [0.2, 0.25) is 0 Å². The first kappa shape index (κ1) is 33.4. The predicted octanol–water partition coefficient (Wildman–Crippen LogP) is 7.62. The second-order valence-electron chi connectivity index (χ2n) is 15.3. The maximum absolute atomic E-state index is 10.7. The van der Waals surface area contributed by atoms with Gasteiger partial charge in [0, 0.05) is 16.5 Å². The zero-order valence-electron chi connectivity index (χ0n) is 30.5. The maximum atomic E-state index is 10.7. The highest BCUT2D eigenvalue weighted by molar-refractivity contribution is 7.22. The van der Waals surface area contributed by atoms with E-state index in [9.17, 15) is 5.11 Å². The minimum Gasteiger partial charge on any atom is -0.427 e. The molecule has 1 aromatic heterocycles. The highest BCUT2D eigenvalue weighted by atomic mass is 28.3. The molecule has 0 bridgehead atoms. The summed E-state index contributed by atoms with van der Waals surface area (Å²) in [6.45, 7) is 7.40. The van der Waals surface area contributed by atoms with Crippen LogP contribution in [0.4, 0.5) is 0 Å². The Bertz CT molecular complexity index is 2590. The molecule has 0 aliphatic carbocycles. The van der Waals surface area contributed by atoms with E-state index in [1.54, 1.807) is 21.3 Å². The quantitative estimate of drug-likeness (QED) is 0.166. The lowest BCUT2D eigenvalue weighted by Gasteiger charge is -2.37. The van der Waals surface area contributed by atoms with Gasteiger partial charge in [-0.3, -0.25) is 0 Å². The molecule has 0 amide bonds. The summed E-state index contributed by atoms with van der Waals surface area (Å²) in [4.78, 5) is 0. The monoisotopic (exact) mass is 702 g/mol. The van der Waals surface area contributed by atoms with Crippen molar-refractivity contribution >= 4 is 63.6 Å². The second kappa shape index (κ2) is 12.6. The second-order valence-corrected chi connectivity index (χ2v) is 19.0. The van der Waals surface area contributed by atoms with Crippen LogP contribution < -0.4 is 26.2 Å². The summed E-state index contributed by atoms with van der Waals surface area (Å²) in [6.07, 6.45) is 0. The van der Waals surface area contributed by atoms with Crippen molar-refractivity contribution in [2.45, 2.75) is 38.9 Å². The number of hydrogen-bond donors (Lipinski definition) is 1. The summed E-state index contributed by atoms with van der Waals surface area (Å²) in [5.74, 6) is 0. The van der Waals surface area contributed by atoms with Crippen LogP contribution in [0.1, 0.15) is 27.7 Å². The Labute approximate surface area is 313 Å². The van der Waals surface area contributed by atoms with Crippen LogP contribution >= 0.6 is 0 Å². The molecule has 0 saturated heterocycles. The van der Waals surface area contributed by atoms with Gasteiger partial charge in [0.2, 0.25) is 0 Å². The number of para-hydroxylation sites is 1. The number of fused-ring (bicyclic) bond motifs is 6. The molecule has 0 atom stereocenters. The van der Waals surface area contributed by atoms with Crippen molar-refractivity contribution in [2.75, 3.05) is 0 Å². The Balaban J connectivity index is 1.24. The molecule has 1 radical (unpaired) electrons. The summed E-state index contributed by atoms with van der Waals surface area (Å²) >= 11 is 0. The zero-order valence-corrected chi connectivity index (χ0v) is 31.5. The molecule has 1 aliphatic rings. The molecule has 1 N–H and O–H groups in total. The van der Waals surface area contributed by atoms with E-state index in [2.05, 4.69) is 174 Å². The van der Waals surface area contributed by atoms with Crippen molar-refractivity contribution in [3.8, 4) is 27.9 Å². The maximum Gasteiger partial charge on any atom is 0.330 e. The summed E-state index contributed by atoms with van der Waals surface area (Å²) in [6, 6.07) is 62.5. The Morgan fingerprint density at radius 2 is 1.11 bits per heavy atom. The lowest BCUT2D eigenvalue weighted by molar-refractivity contribution is -0.0893. The lowest BCUT2D eigenvalue weighted by Crippen LogP contribution is -2.72. The Kier molecular flexibility index (Phi) is 7.93. The number of nitrogens with zero attached hydrogens (tertiary/aromatic N) is 1. The van der Waals surface area contributed by atoms with Crippen LogP contribution in [0.15, 0.2) is 170 Å². The van der Waals surface area contributed by atoms with Crippen LogP contribution in [0.3, 0.4) is 0 Å². The Hall–Kier alpha value is -5.46. The van der Waals surface area contributed by atoms with Crippen molar-refractivity contribution in [3.63, 3.8) is 0 Å². The molecule has 53 heavy (non-hydrogen) atoms. The van der Waals surface area contributed by atoms with Gasteiger partial charge in [0.15, 0.2) is 8.07 Å². The lowest BCUT2D eigenvalue weighted by atomic mass is 9.83. The third-order valence-electron chi connectivity index (χ3n) is 11.6. The topological polar surface area (TPSA) is 34.4 Å². The van der Waals surface area contributed by atoms with Gasteiger partial charge in [0.1, 0.15) is 0 Å². The Morgan fingerprint density at radius 3 is 1.81 bits per heavy atom. The van der Waals surface area contributed by atoms with Crippen LogP contribution in [0.25, 0.3) is 49.7 Å². The van der Waals surface area contributed by atoms with Crippen molar-refractivity contribution in [1.29, 1.82) is 0 Å². The molecule has 2 heterocycles. The molecule has 1 aliphatic heterocycles. The van der Waals surface area contributed by atoms with E-state index in [1.165, 1.54) is 64.8 Å². The largest absolute Gasteiger partial charge is 0.427 e. The summed E-state index contributed by atoms with van der Waals surface area (Å²) < 4.78 is 8.58. The molecule has 0 saturated carbocycles. The van der Waals surface area contributed by atoms with E-state index in [1.807, 2.05) is 13.8 Å². The number of aliphatic hydroxyl groups is 1. The van der Waals surface area contributed by atoms with Crippen LogP contribution in [0, 0.1) is 0 Å². The van der Waals surface area contributed by atoms with Gasteiger partial charge in [-0.15, -0.1) is 0 Å². The number of rotatable bonds is 8. The molecule has 0 spiro atoms. The van der Waals surface area contributed by atoms with Crippen molar-refractivity contribution in [1.82, 2.24) is 4.57 Å². The van der Waals surface area contributed by atoms with Crippen LogP contribution in [-0.2, 0) is 4.65 Å². The first-order chi connectivity index (χ1) is 25.7. The standard InChI is InChI=1S/C48H41BNO2Si/c1-47(2,51)48(3,4)52-49-35-25-27-37(28-26-35)53(45-23-12-9-20-40(45)41-21-10-13-24-46(41)53)38-29-30-44-42(32-38)39-19-8-11-22-43(39)50(44)36-18-14-17-34(31-36)33-15-6-5-7-16-33/h5-32,51H,1-4H3. The molecular formula is C48H41BNO2Si. The fourth-order valence-corrected chi connectivity index (χ4v) is 13.3. The molecule has 5 heteroatoms. The fraction of sp³-hybridized carbons (Fsp3) is 0.125. The molecular weight excluding hydrogens is 661 g/mol. The Morgan fingerprint density at radius 1 is 0.528 bits per heavy atom. The van der Waals surface area contributed by atoms with Crippen LogP contribution in [-0.4, -0.2) is 36.4 Å². The zero-order chi connectivity index (χ0) is 36.4. The number of aromatic nitrogens is 1. The van der Waals surface area contributed by atoms with E-state index in [4.69, 9.17) is 4.65 Å². The summed E-state index contributed by atoms with van der Waals surface area (Å²) in [7, 11) is -0.992. The normalized spacial score (nSPS) is 13.6. The van der Waals surface area contributed by atoms with Crippen molar-refractivity contribution < 1.29 is 9.76 Å². The summed E-state index contributed by atoms with van der Waals surface area (Å²) in [5, 5.41) is 18.7. The highest BCUT2D eigenvalue weighted by Gasteiger charge is 2.48. The molecule has 7 aromatic carbocycles. The van der Waals surface area contributed by atoms with Gasteiger partial charge < -0.3 is 14.3 Å². The van der Waals surface area contributed by atoms with E-state index < -0.39 is 19.3 Å². The van der Waals surface area contributed by atoms with Gasteiger partial charge >= 0.3 is 7.48 Å². The predicted molar refractivity (Wildman–Crippen MR) is 226 cm³/mol. The van der Waals surface area contributed by atoms with Gasteiger partial charge in [-0.2, -0.15) is 0 Å². The first-order valence-electron chi connectivity index (χ1n) is 18.4. The third kappa shape index (κ3) is 5.34. The average Bonchev–Trinajstić information content (AvgIpc) is 3.68. The van der Waals surface area contributed by atoms with Crippen molar-refractivity contribution in [3.05, 3.63) is 170 Å². The molecule has 257 valence electrons. The molecule has 0 unspecified atom stereocenters. The SMILES string of the molecule is CC(C)(O)C(C)(C)O[B]c1ccc([Si]2(c3ccc4c(c3)c3ccccc3n4-c3cccc(-c4ccccc4)c3)c3ccccc3-c3ccccc32)cc1. The number of benzene rings is 7. The molecule has 8 aromatic rings. The van der Waals surface area contributed by atoms with Gasteiger partial charge in [-0.05, 0) is 95.0 Å². The van der Waals surface area contributed by atoms with E-state index in [0.717, 1.165) is 11.2 Å².